The average Bonchev–Trinajstić information content (AvgIpc) is 2.44. The van der Waals surface area contributed by atoms with Gasteiger partial charge in [0.05, 0.1) is 12.5 Å². The molecule has 0 saturated carbocycles. The van der Waals surface area contributed by atoms with Crippen LogP contribution in [0.4, 0.5) is 0 Å². The van der Waals surface area contributed by atoms with Crippen molar-refractivity contribution in [3.8, 4) is 0 Å². The highest BCUT2D eigenvalue weighted by atomic mass is 16.3. The number of aliphatic hydroxyl groups excluding tert-OH is 1. The molecule has 1 aromatic rings. The number of hydrogen-bond donors (Lipinski definition) is 3. The van der Waals surface area contributed by atoms with Crippen LogP contribution < -0.4 is 10.6 Å². The van der Waals surface area contributed by atoms with Crippen LogP contribution >= 0.6 is 0 Å². The molecule has 128 valence electrons. The third-order valence-electron chi connectivity index (χ3n) is 3.36. The average molecular weight is 320 g/mol. The number of rotatable bonds is 6. The van der Waals surface area contributed by atoms with Gasteiger partial charge in [-0.1, -0.05) is 51.1 Å². The fourth-order valence-corrected chi connectivity index (χ4v) is 1.99. The molecule has 2 amide bonds. The highest BCUT2D eigenvalue weighted by Gasteiger charge is 2.30. The summed E-state index contributed by atoms with van der Waals surface area (Å²) in [5, 5.41) is 15.6. The van der Waals surface area contributed by atoms with Gasteiger partial charge in [0, 0.05) is 6.54 Å². The van der Waals surface area contributed by atoms with Crippen molar-refractivity contribution in [2.45, 2.75) is 52.7 Å². The first-order valence-corrected chi connectivity index (χ1v) is 7.83. The molecule has 5 nitrogen and oxygen atoms in total. The van der Waals surface area contributed by atoms with Crippen LogP contribution in [-0.4, -0.2) is 29.0 Å². The summed E-state index contributed by atoms with van der Waals surface area (Å²) in [5.74, 6) is -0.604. The fourth-order valence-electron chi connectivity index (χ4n) is 1.99. The lowest BCUT2D eigenvalue weighted by Crippen LogP contribution is -2.55. The summed E-state index contributed by atoms with van der Waals surface area (Å²) in [5.41, 5.74) is -0.379. The van der Waals surface area contributed by atoms with Gasteiger partial charge < -0.3 is 15.7 Å². The van der Waals surface area contributed by atoms with E-state index in [1.807, 2.05) is 26.8 Å². The summed E-state index contributed by atoms with van der Waals surface area (Å²) >= 11 is 0. The zero-order valence-electron chi connectivity index (χ0n) is 14.6. The quantitative estimate of drug-likeness (QED) is 0.751. The zero-order chi connectivity index (χ0) is 17.7. The van der Waals surface area contributed by atoms with E-state index >= 15 is 0 Å². The second-order valence-electron chi connectivity index (χ2n) is 7.55. The number of aliphatic hydroxyl groups is 1. The van der Waals surface area contributed by atoms with Gasteiger partial charge >= 0.3 is 0 Å². The zero-order valence-corrected chi connectivity index (χ0v) is 14.6. The molecule has 0 fully saturated rings. The smallest absolute Gasteiger partial charge is 0.245 e. The molecule has 0 aliphatic rings. The van der Waals surface area contributed by atoms with E-state index in [2.05, 4.69) is 10.6 Å². The SMILES string of the molecule is CC(C)(C)CNC(=O)C(C)(C)NC(=O)CC(O)c1ccccc1. The molecule has 0 heterocycles. The molecule has 23 heavy (non-hydrogen) atoms. The summed E-state index contributed by atoms with van der Waals surface area (Å²) < 4.78 is 0. The summed E-state index contributed by atoms with van der Waals surface area (Å²) in [6, 6.07) is 8.98. The summed E-state index contributed by atoms with van der Waals surface area (Å²) in [7, 11) is 0. The minimum absolute atomic E-state index is 0.0285. The molecule has 1 atom stereocenters. The molecule has 0 saturated heterocycles. The molecule has 1 rings (SSSR count). The number of hydrogen-bond acceptors (Lipinski definition) is 3. The second kappa shape index (κ2) is 7.59. The molecule has 5 heteroatoms. The Hall–Kier alpha value is -1.88. The maximum absolute atomic E-state index is 12.2. The minimum atomic E-state index is -1.03. The Bertz CT molecular complexity index is 533. The molecule has 0 bridgehead atoms. The predicted molar refractivity (Wildman–Crippen MR) is 90.7 cm³/mol. The monoisotopic (exact) mass is 320 g/mol. The van der Waals surface area contributed by atoms with E-state index in [-0.39, 0.29) is 23.7 Å². The van der Waals surface area contributed by atoms with Crippen molar-refractivity contribution in [3.05, 3.63) is 35.9 Å². The first kappa shape index (κ1) is 19.2. The lowest BCUT2D eigenvalue weighted by molar-refractivity contribution is -0.133. The summed E-state index contributed by atoms with van der Waals surface area (Å²) in [6.07, 6.45) is -0.968. The van der Waals surface area contributed by atoms with Gasteiger partial charge in [-0.3, -0.25) is 9.59 Å². The van der Waals surface area contributed by atoms with E-state index in [9.17, 15) is 14.7 Å². The van der Waals surface area contributed by atoms with E-state index in [1.54, 1.807) is 38.1 Å². The lowest BCUT2D eigenvalue weighted by Gasteiger charge is -2.28. The molecule has 0 aliphatic carbocycles. The van der Waals surface area contributed by atoms with E-state index in [0.717, 1.165) is 0 Å². The fraction of sp³-hybridized carbons (Fsp3) is 0.556. The number of benzene rings is 1. The Kier molecular flexibility index (Phi) is 6.33. The van der Waals surface area contributed by atoms with Crippen molar-refractivity contribution in [2.24, 2.45) is 5.41 Å². The maximum atomic E-state index is 12.2. The molecule has 1 unspecified atom stereocenters. The first-order valence-electron chi connectivity index (χ1n) is 7.83. The normalized spacial score (nSPS) is 13.3. The topological polar surface area (TPSA) is 78.4 Å². The molecular formula is C18H28N2O3. The van der Waals surface area contributed by atoms with Gasteiger partial charge in [0.2, 0.25) is 11.8 Å². The van der Waals surface area contributed by atoms with Gasteiger partial charge in [-0.2, -0.15) is 0 Å². The van der Waals surface area contributed by atoms with E-state index in [0.29, 0.717) is 12.1 Å². The van der Waals surface area contributed by atoms with Crippen molar-refractivity contribution in [2.75, 3.05) is 6.54 Å². The second-order valence-corrected chi connectivity index (χ2v) is 7.55. The van der Waals surface area contributed by atoms with Crippen LogP contribution in [0.1, 0.15) is 52.7 Å². The molecule has 1 aromatic carbocycles. The van der Waals surface area contributed by atoms with Gasteiger partial charge in [0.25, 0.3) is 0 Å². The third-order valence-corrected chi connectivity index (χ3v) is 3.36. The Morgan fingerprint density at radius 2 is 1.65 bits per heavy atom. The molecule has 0 radical (unpaired) electrons. The van der Waals surface area contributed by atoms with Gasteiger partial charge in [-0.05, 0) is 24.8 Å². The lowest BCUT2D eigenvalue weighted by atomic mass is 9.95. The van der Waals surface area contributed by atoms with Crippen molar-refractivity contribution < 1.29 is 14.7 Å². The van der Waals surface area contributed by atoms with Crippen molar-refractivity contribution in [3.63, 3.8) is 0 Å². The summed E-state index contributed by atoms with van der Waals surface area (Å²) in [4.78, 5) is 24.3. The molecule has 0 spiro atoms. The highest BCUT2D eigenvalue weighted by Crippen LogP contribution is 2.17. The standard InChI is InChI=1S/C18H28N2O3/c1-17(2,3)12-19-16(23)18(4,5)20-15(22)11-14(21)13-9-7-6-8-10-13/h6-10,14,21H,11-12H2,1-5H3,(H,19,23)(H,20,22). The van der Waals surface area contributed by atoms with Crippen molar-refractivity contribution >= 4 is 11.8 Å². The van der Waals surface area contributed by atoms with Gasteiger partial charge in [0.1, 0.15) is 5.54 Å². The van der Waals surface area contributed by atoms with Crippen LogP contribution in [0.3, 0.4) is 0 Å². The third kappa shape index (κ3) is 6.82. The van der Waals surface area contributed by atoms with E-state index < -0.39 is 11.6 Å². The van der Waals surface area contributed by atoms with Crippen LogP contribution in [0.25, 0.3) is 0 Å². The highest BCUT2D eigenvalue weighted by molar-refractivity contribution is 5.90. The maximum Gasteiger partial charge on any atom is 0.245 e. The number of amides is 2. The number of carbonyl (C=O) groups excluding carboxylic acids is 2. The van der Waals surface area contributed by atoms with E-state index in [1.165, 1.54) is 0 Å². The first-order chi connectivity index (χ1) is 10.5. The van der Waals surface area contributed by atoms with Crippen LogP contribution in [0, 0.1) is 5.41 Å². The van der Waals surface area contributed by atoms with Crippen LogP contribution in [0.2, 0.25) is 0 Å². The molecule has 3 N–H and O–H groups in total. The van der Waals surface area contributed by atoms with Crippen LogP contribution in [-0.2, 0) is 9.59 Å². The molecular weight excluding hydrogens is 292 g/mol. The molecule has 0 aliphatic heterocycles. The van der Waals surface area contributed by atoms with Gasteiger partial charge in [-0.25, -0.2) is 0 Å². The van der Waals surface area contributed by atoms with Crippen LogP contribution in [0.15, 0.2) is 30.3 Å². The number of nitrogens with one attached hydrogen (secondary N) is 2. The molecule has 0 aromatic heterocycles. The Morgan fingerprint density at radius 1 is 1.09 bits per heavy atom. The summed E-state index contributed by atoms with van der Waals surface area (Å²) in [6.45, 7) is 9.90. The van der Waals surface area contributed by atoms with Crippen molar-refractivity contribution in [1.29, 1.82) is 0 Å². The van der Waals surface area contributed by atoms with E-state index in [4.69, 9.17) is 0 Å². The van der Waals surface area contributed by atoms with Crippen molar-refractivity contribution in [1.82, 2.24) is 10.6 Å². The predicted octanol–water partition coefficient (Wildman–Crippen LogP) is 2.17. The Morgan fingerprint density at radius 3 is 2.17 bits per heavy atom. The largest absolute Gasteiger partial charge is 0.388 e. The Labute approximate surface area is 138 Å². The van der Waals surface area contributed by atoms with Gasteiger partial charge in [0.15, 0.2) is 0 Å². The minimum Gasteiger partial charge on any atom is -0.388 e. The van der Waals surface area contributed by atoms with Crippen LogP contribution in [0.5, 0.6) is 0 Å². The Balaban J connectivity index is 2.56. The number of carbonyl (C=O) groups is 2. The van der Waals surface area contributed by atoms with Gasteiger partial charge in [-0.15, -0.1) is 0 Å².